The predicted molar refractivity (Wildman–Crippen MR) is 139 cm³/mol. The summed E-state index contributed by atoms with van der Waals surface area (Å²) in [5.74, 6) is 1.05. The van der Waals surface area contributed by atoms with Crippen LogP contribution in [0.4, 0.5) is 5.69 Å². The second kappa shape index (κ2) is 11.3. The lowest BCUT2D eigenvalue weighted by Gasteiger charge is -2.25. The van der Waals surface area contributed by atoms with Gasteiger partial charge in [0.15, 0.2) is 11.5 Å². The number of nitrogens with zero attached hydrogens (tertiary/aromatic N) is 1. The minimum absolute atomic E-state index is 0.178. The fourth-order valence-corrected chi connectivity index (χ4v) is 4.62. The van der Waals surface area contributed by atoms with Crippen molar-refractivity contribution in [3.05, 3.63) is 88.5 Å². The molecule has 35 heavy (non-hydrogen) atoms. The maximum Gasteiger partial charge on any atom is 0.251 e. The van der Waals surface area contributed by atoms with Gasteiger partial charge in [-0.1, -0.05) is 30.3 Å². The SMILES string of the molecule is CCOc1cc(CNC(=O)c2ccc(CN(c3cc(C)ccc3C)S(C)(=O)=O)cc2)ccc1OC. The standard InChI is InChI=1S/C27H32N2O5S/c1-6-34-26-16-22(11-14-25(26)33-4)17-28-27(30)23-12-9-21(10-13-23)18-29(35(5,31)32)24-15-19(2)7-8-20(24)3/h7-16H,6,17-18H2,1-5H3,(H,28,30). The molecular formula is C27H32N2O5S. The van der Waals surface area contributed by atoms with Crippen molar-refractivity contribution in [2.75, 3.05) is 24.3 Å². The highest BCUT2D eigenvalue weighted by Crippen LogP contribution is 2.28. The summed E-state index contributed by atoms with van der Waals surface area (Å²) >= 11 is 0. The number of benzene rings is 3. The first-order valence-corrected chi connectivity index (χ1v) is 13.2. The molecular weight excluding hydrogens is 464 g/mol. The maximum atomic E-state index is 12.7. The van der Waals surface area contributed by atoms with Crippen LogP contribution < -0.4 is 19.1 Å². The summed E-state index contributed by atoms with van der Waals surface area (Å²) in [6, 6.07) is 18.2. The van der Waals surface area contributed by atoms with Gasteiger partial charge < -0.3 is 14.8 Å². The zero-order valence-corrected chi connectivity index (χ0v) is 21.6. The molecule has 0 aliphatic carbocycles. The first-order valence-electron chi connectivity index (χ1n) is 11.3. The maximum absolute atomic E-state index is 12.7. The summed E-state index contributed by atoms with van der Waals surface area (Å²) in [6.07, 6.45) is 1.20. The van der Waals surface area contributed by atoms with Crippen LogP contribution in [0.25, 0.3) is 0 Å². The van der Waals surface area contributed by atoms with E-state index in [-0.39, 0.29) is 12.5 Å². The van der Waals surface area contributed by atoms with Crippen molar-refractivity contribution in [3.63, 3.8) is 0 Å². The molecule has 0 saturated carbocycles. The number of methoxy groups -OCH3 is 1. The van der Waals surface area contributed by atoms with Crippen molar-refractivity contribution in [3.8, 4) is 11.5 Å². The van der Waals surface area contributed by atoms with Crippen molar-refractivity contribution in [2.45, 2.75) is 33.9 Å². The molecule has 0 fully saturated rings. The molecule has 186 valence electrons. The van der Waals surface area contributed by atoms with Crippen molar-refractivity contribution < 1.29 is 22.7 Å². The fourth-order valence-electron chi connectivity index (χ4n) is 3.68. The monoisotopic (exact) mass is 496 g/mol. The van der Waals surface area contributed by atoms with Gasteiger partial charge in [0.2, 0.25) is 10.0 Å². The van der Waals surface area contributed by atoms with Gasteiger partial charge >= 0.3 is 0 Å². The number of anilines is 1. The Morgan fingerprint density at radius 1 is 0.943 bits per heavy atom. The third-order valence-electron chi connectivity index (χ3n) is 5.56. The average molecular weight is 497 g/mol. The summed E-state index contributed by atoms with van der Waals surface area (Å²) in [6.45, 7) is 6.74. The van der Waals surface area contributed by atoms with Crippen molar-refractivity contribution in [1.82, 2.24) is 5.32 Å². The van der Waals surface area contributed by atoms with Gasteiger partial charge in [0.25, 0.3) is 5.91 Å². The molecule has 0 bridgehead atoms. The summed E-state index contributed by atoms with van der Waals surface area (Å²) in [7, 11) is -1.92. The largest absolute Gasteiger partial charge is 0.493 e. The summed E-state index contributed by atoms with van der Waals surface area (Å²) in [5.41, 5.74) is 4.67. The van der Waals surface area contributed by atoms with Crippen molar-refractivity contribution in [2.24, 2.45) is 0 Å². The van der Waals surface area contributed by atoms with Gasteiger partial charge in [0, 0.05) is 12.1 Å². The number of nitrogens with one attached hydrogen (secondary N) is 1. The second-order valence-corrected chi connectivity index (χ2v) is 10.3. The first kappa shape index (κ1) is 26.1. The molecule has 0 atom stereocenters. The number of rotatable bonds is 10. The van der Waals surface area contributed by atoms with Crippen LogP contribution in [0, 0.1) is 13.8 Å². The Bertz CT molecular complexity index is 1290. The van der Waals surface area contributed by atoms with E-state index in [2.05, 4.69) is 5.32 Å². The Labute approximate surface area is 207 Å². The Balaban J connectivity index is 1.70. The molecule has 3 aromatic carbocycles. The van der Waals surface area contributed by atoms with E-state index in [1.54, 1.807) is 31.4 Å². The van der Waals surface area contributed by atoms with Gasteiger partial charge in [0.1, 0.15) is 0 Å². The molecule has 0 aliphatic heterocycles. The van der Waals surface area contributed by atoms with E-state index >= 15 is 0 Å². The lowest BCUT2D eigenvalue weighted by molar-refractivity contribution is 0.0951. The number of carbonyl (C=O) groups excluding carboxylic acids is 1. The molecule has 3 aromatic rings. The van der Waals surface area contributed by atoms with Crippen LogP contribution in [0.15, 0.2) is 60.7 Å². The molecule has 8 heteroatoms. The van der Waals surface area contributed by atoms with Gasteiger partial charge in [-0.05, 0) is 73.4 Å². The average Bonchev–Trinajstić information content (AvgIpc) is 2.82. The lowest BCUT2D eigenvalue weighted by Crippen LogP contribution is -2.30. The normalized spacial score (nSPS) is 11.1. The minimum atomic E-state index is -3.50. The second-order valence-electron chi connectivity index (χ2n) is 8.36. The zero-order chi connectivity index (χ0) is 25.6. The van der Waals surface area contributed by atoms with E-state index in [9.17, 15) is 13.2 Å². The molecule has 0 spiro atoms. The van der Waals surface area contributed by atoms with Crippen LogP contribution in [0.3, 0.4) is 0 Å². The van der Waals surface area contributed by atoms with E-state index in [0.29, 0.717) is 35.9 Å². The summed E-state index contributed by atoms with van der Waals surface area (Å²) in [5, 5.41) is 2.90. The van der Waals surface area contributed by atoms with Crippen molar-refractivity contribution in [1.29, 1.82) is 0 Å². The minimum Gasteiger partial charge on any atom is -0.493 e. The fraction of sp³-hybridized carbons (Fsp3) is 0.296. The van der Waals surface area contributed by atoms with Gasteiger partial charge in [-0.25, -0.2) is 8.42 Å². The van der Waals surface area contributed by atoms with Crippen LogP contribution in [0.5, 0.6) is 11.5 Å². The molecule has 7 nitrogen and oxygen atoms in total. The van der Waals surface area contributed by atoms with E-state index in [0.717, 1.165) is 22.3 Å². The number of amides is 1. The highest BCUT2D eigenvalue weighted by molar-refractivity contribution is 7.92. The smallest absolute Gasteiger partial charge is 0.251 e. The first-order chi connectivity index (χ1) is 16.6. The Morgan fingerprint density at radius 3 is 2.26 bits per heavy atom. The van der Waals surface area contributed by atoms with E-state index in [4.69, 9.17) is 9.47 Å². The van der Waals surface area contributed by atoms with Crippen LogP contribution in [0.2, 0.25) is 0 Å². The highest BCUT2D eigenvalue weighted by atomic mass is 32.2. The number of carbonyl (C=O) groups is 1. The molecule has 0 unspecified atom stereocenters. The Kier molecular flexibility index (Phi) is 8.40. The molecule has 3 rings (SSSR count). The summed E-state index contributed by atoms with van der Waals surface area (Å²) in [4.78, 5) is 12.7. The van der Waals surface area contributed by atoms with E-state index < -0.39 is 10.0 Å². The van der Waals surface area contributed by atoms with Crippen molar-refractivity contribution >= 4 is 21.6 Å². The number of aryl methyl sites for hydroxylation is 2. The van der Waals surface area contributed by atoms with Gasteiger partial charge in [-0.2, -0.15) is 0 Å². The van der Waals surface area contributed by atoms with Crippen LogP contribution in [-0.2, 0) is 23.1 Å². The molecule has 0 radical (unpaired) electrons. The predicted octanol–water partition coefficient (Wildman–Crippen LogP) is 4.61. The molecule has 0 aliphatic rings. The number of sulfonamides is 1. The molecule has 1 amide bonds. The third kappa shape index (κ3) is 6.76. The highest BCUT2D eigenvalue weighted by Gasteiger charge is 2.20. The number of ether oxygens (including phenoxy) is 2. The van der Waals surface area contributed by atoms with Gasteiger partial charge in [0.05, 0.1) is 32.2 Å². The van der Waals surface area contributed by atoms with E-state index in [1.165, 1.54) is 10.6 Å². The van der Waals surface area contributed by atoms with E-state index in [1.807, 2.05) is 57.2 Å². The Morgan fingerprint density at radius 2 is 1.63 bits per heavy atom. The lowest BCUT2D eigenvalue weighted by atomic mass is 10.1. The number of hydrogen-bond donors (Lipinski definition) is 1. The van der Waals surface area contributed by atoms with Crippen LogP contribution in [0.1, 0.15) is 39.5 Å². The quantitative estimate of drug-likeness (QED) is 0.443. The summed E-state index contributed by atoms with van der Waals surface area (Å²) < 4.78 is 37.4. The third-order valence-corrected chi connectivity index (χ3v) is 6.68. The topological polar surface area (TPSA) is 84.9 Å². The zero-order valence-electron chi connectivity index (χ0n) is 20.8. The van der Waals surface area contributed by atoms with Gasteiger partial charge in [-0.15, -0.1) is 0 Å². The van der Waals surface area contributed by atoms with Gasteiger partial charge in [-0.3, -0.25) is 9.10 Å². The van der Waals surface area contributed by atoms with Crippen LogP contribution >= 0.6 is 0 Å². The molecule has 0 aromatic heterocycles. The molecule has 0 heterocycles. The Hall–Kier alpha value is -3.52. The molecule has 0 saturated heterocycles. The number of hydrogen-bond acceptors (Lipinski definition) is 5. The molecule has 1 N–H and O–H groups in total. The van der Waals surface area contributed by atoms with Crippen LogP contribution in [-0.4, -0.2) is 34.3 Å².